The number of anilines is 1. The Morgan fingerprint density at radius 3 is 2.61 bits per heavy atom. The number of hydrazone groups is 1. The third kappa shape index (κ3) is 3.65. The van der Waals surface area contributed by atoms with Gasteiger partial charge in [-0.25, -0.2) is 9.67 Å². The summed E-state index contributed by atoms with van der Waals surface area (Å²) < 4.78 is 1.91. The maximum absolute atomic E-state index is 9.38. The van der Waals surface area contributed by atoms with Gasteiger partial charge in [0.1, 0.15) is 5.75 Å². The van der Waals surface area contributed by atoms with Gasteiger partial charge in [0.25, 0.3) is 0 Å². The molecule has 0 aliphatic rings. The second-order valence-electron chi connectivity index (χ2n) is 6.28. The third-order valence-electron chi connectivity index (χ3n) is 4.40. The Kier molecular flexibility index (Phi) is 4.90. The molecule has 0 aliphatic carbocycles. The first-order chi connectivity index (χ1) is 13.6. The van der Waals surface area contributed by atoms with Crippen LogP contribution >= 0.6 is 11.3 Å². The van der Waals surface area contributed by atoms with E-state index in [9.17, 15) is 5.11 Å². The Morgan fingerprint density at radius 1 is 1.11 bits per heavy atom. The van der Waals surface area contributed by atoms with Gasteiger partial charge in [0, 0.05) is 10.9 Å². The van der Waals surface area contributed by atoms with Crippen LogP contribution in [0.25, 0.3) is 16.9 Å². The molecule has 2 aromatic carbocycles. The first-order valence-electron chi connectivity index (χ1n) is 8.77. The van der Waals surface area contributed by atoms with Gasteiger partial charge in [0.05, 0.1) is 29.0 Å². The smallest absolute Gasteiger partial charge is 0.203 e. The van der Waals surface area contributed by atoms with Gasteiger partial charge >= 0.3 is 0 Å². The molecule has 0 amide bonds. The minimum Gasteiger partial charge on any atom is -0.508 e. The van der Waals surface area contributed by atoms with E-state index in [1.54, 1.807) is 12.1 Å². The SMILES string of the molecule is C/C(=N\Nc1nc(-c2cnn(-c3ccccc3)c2C)cs1)c1ccc(O)cc1. The fourth-order valence-electron chi connectivity index (χ4n) is 2.84. The first kappa shape index (κ1) is 17.9. The van der Waals surface area contributed by atoms with E-state index in [-0.39, 0.29) is 5.75 Å². The van der Waals surface area contributed by atoms with E-state index in [1.165, 1.54) is 11.3 Å². The predicted octanol–water partition coefficient (Wildman–Crippen LogP) is 4.85. The molecule has 2 aromatic heterocycles. The zero-order valence-corrected chi connectivity index (χ0v) is 16.3. The van der Waals surface area contributed by atoms with E-state index < -0.39 is 0 Å². The monoisotopic (exact) mass is 389 g/mol. The number of rotatable bonds is 5. The van der Waals surface area contributed by atoms with Crippen molar-refractivity contribution in [2.75, 3.05) is 5.43 Å². The summed E-state index contributed by atoms with van der Waals surface area (Å²) in [5, 5.41) is 21.0. The summed E-state index contributed by atoms with van der Waals surface area (Å²) in [5.41, 5.74) is 8.67. The van der Waals surface area contributed by atoms with Gasteiger partial charge in [-0.2, -0.15) is 10.2 Å². The largest absolute Gasteiger partial charge is 0.508 e. The Morgan fingerprint density at radius 2 is 1.86 bits per heavy atom. The van der Waals surface area contributed by atoms with Crippen LogP contribution in [0.5, 0.6) is 5.75 Å². The minimum absolute atomic E-state index is 0.237. The lowest BCUT2D eigenvalue weighted by Gasteiger charge is -2.04. The molecule has 0 radical (unpaired) electrons. The number of thiazole rings is 1. The zero-order valence-electron chi connectivity index (χ0n) is 15.5. The van der Waals surface area contributed by atoms with Crippen molar-refractivity contribution in [3.8, 4) is 22.7 Å². The molecular formula is C21H19N5OS. The van der Waals surface area contributed by atoms with Crippen LogP contribution < -0.4 is 5.43 Å². The molecule has 0 saturated heterocycles. The average Bonchev–Trinajstić information content (AvgIpc) is 3.33. The molecular weight excluding hydrogens is 370 g/mol. The molecule has 0 saturated carbocycles. The van der Waals surface area contributed by atoms with Crippen LogP contribution in [0.4, 0.5) is 5.13 Å². The Balaban J connectivity index is 1.53. The number of benzene rings is 2. The van der Waals surface area contributed by atoms with E-state index >= 15 is 0 Å². The van der Waals surface area contributed by atoms with Gasteiger partial charge in [0.2, 0.25) is 5.13 Å². The van der Waals surface area contributed by atoms with E-state index in [4.69, 9.17) is 0 Å². The number of para-hydroxylation sites is 1. The normalized spacial score (nSPS) is 11.6. The maximum atomic E-state index is 9.38. The molecule has 140 valence electrons. The fraction of sp³-hybridized carbons (Fsp3) is 0.0952. The van der Waals surface area contributed by atoms with Crippen molar-refractivity contribution in [2.24, 2.45) is 5.10 Å². The van der Waals surface area contributed by atoms with Crippen molar-refractivity contribution in [2.45, 2.75) is 13.8 Å². The quantitative estimate of drug-likeness (QED) is 0.378. The summed E-state index contributed by atoms with van der Waals surface area (Å²) in [5.74, 6) is 0.237. The number of phenols is 1. The summed E-state index contributed by atoms with van der Waals surface area (Å²) in [6.45, 7) is 3.94. The molecule has 4 rings (SSSR count). The lowest BCUT2D eigenvalue weighted by atomic mass is 10.1. The second kappa shape index (κ2) is 7.66. The number of hydrogen-bond acceptors (Lipinski definition) is 6. The summed E-state index contributed by atoms with van der Waals surface area (Å²) in [6.07, 6.45) is 1.84. The molecule has 0 spiro atoms. The highest BCUT2D eigenvalue weighted by Gasteiger charge is 2.13. The summed E-state index contributed by atoms with van der Waals surface area (Å²) in [4.78, 5) is 4.64. The molecule has 0 fully saturated rings. The van der Waals surface area contributed by atoms with Gasteiger partial charge < -0.3 is 5.11 Å². The zero-order chi connectivity index (χ0) is 19.5. The van der Waals surface area contributed by atoms with E-state index in [0.29, 0.717) is 5.13 Å². The highest BCUT2D eigenvalue weighted by atomic mass is 32.1. The van der Waals surface area contributed by atoms with Gasteiger partial charge in [-0.05, 0) is 55.8 Å². The molecule has 7 heteroatoms. The van der Waals surface area contributed by atoms with E-state index in [2.05, 4.69) is 20.6 Å². The van der Waals surface area contributed by atoms with Crippen LogP contribution in [0.15, 0.2) is 71.3 Å². The molecule has 0 atom stereocenters. The molecule has 0 bridgehead atoms. The number of nitrogens with zero attached hydrogens (tertiary/aromatic N) is 4. The number of hydrogen-bond donors (Lipinski definition) is 2. The molecule has 2 N–H and O–H groups in total. The van der Waals surface area contributed by atoms with Crippen LogP contribution in [0, 0.1) is 6.92 Å². The fourth-order valence-corrected chi connectivity index (χ4v) is 3.49. The molecule has 4 aromatic rings. The van der Waals surface area contributed by atoms with Crippen LogP contribution in [0.1, 0.15) is 18.2 Å². The van der Waals surface area contributed by atoms with Crippen molar-refractivity contribution >= 4 is 22.2 Å². The van der Waals surface area contributed by atoms with Crippen LogP contribution in [-0.4, -0.2) is 25.6 Å². The molecule has 28 heavy (non-hydrogen) atoms. The van der Waals surface area contributed by atoms with Crippen LogP contribution in [0.2, 0.25) is 0 Å². The first-order valence-corrected chi connectivity index (χ1v) is 9.65. The van der Waals surface area contributed by atoms with Crippen molar-refractivity contribution in [3.63, 3.8) is 0 Å². The molecule has 6 nitrogen and oxygen atoms in total. The Labute approximate surface area is 166 Å². The number of nitrogens with one attached hydrogen (secondary N) is 1. The lowest BCUT2D eigenvalue weighted by molar-refractivity contribution is 0.475. The van der Waals surface area contributed by atoms with Gasteiger partial charge in [0.15, 0.2) is 0 Å². The summed E-state index contributed by atoms with van der Waals surface area (Å²) in [6, 6.07) is 17.0. The average molecular weight is 389 g/mol. The molecule has 2 heterocycles. The molecule has 0 unspecified atom stereocenters. The van der Waals surface area contributed by atoms with E-state index in [0.717, 1.165) is 33.9 Å². The standard InChI is InChI=1S/C21H19N5OS/c1-14(16-8-10-18(27)11-9-16)24-25-21-23-20(13-28-21)19-12-22-26(15(19)2)17-6-4-3-5-7-17/h3-13,27H,1-2H3,(H,23,25)/b24-14+. The number of aromatic nitrogens is 3. The number of aromatic hydroxyl groups is 1. The summed E-state index contributed by atoms with van der Waals surface area (Å²) >= 11 is 1.49. The Bertz CT molecular complexity index is 1110. The van der Waals surface area contributed by atoms with E-state index in [1.807, 2.05) is 72.6 Å². The predicted molar refractivity (Wildman–Crippen MR) is 113 cm³/mol. The van der Waals surface area contributed by atoms with Crippen molar-refractivity contribution in [1.82, 2.24) is 14.8 Å². The minimum atomic E-state index is 0.237. The second-order valence-corrected chi connectivity index (χ2v) is 7.14. The third-order valence-corrected chi connectivity index (χ3v) is 5.14. The highest BCUT2D eigenvalue weighted by Crippen LogP contribution is 2.28. The van der Waals surface area contributed by atoms with Gasteiger partial charge in [-0.1, -0.05) is 18.2 Å². The van der Waals surface area contributed by atoms with Gasteiger partial charge in [-0.3, -0.25) is 5.43 Å². The van der Waals surface area contributed by atoms with Crippen LogP contribution in [-0.2, 0) is 0 Å². The van der Waals surface area contributed by atoms with Gasteiger partial charge in [-0.15, -0.1) is 11.3 Å². The van der Waals surface area contributed by atoms with Crippen molar-refractivity contribution in [1.29, 1.82) is 0 Å². The topological polar surface area (TPSA) is 75.3 Å². The summed E-state index contributed by atoms with van der Waals surface area (Å²) in [7, 11) is 0. The van der Waals surface area contributed by atoms with Crippen molar-refractivity contribution < 1.29 is 5.11 Å². The van der Waals surface area contributed by atoms with Crippen LogP contribution in [0.3, 0.4) is 0 Å². The number of phenolic OH excluding ortho intramolecular Hbond substituents is 1. The highest BCUT2D eigenvalue weighted by molar-refractivity contribution is 7.14. The lowest BCUT2D eigenvalue weighted by Crippen LogP contribution is -1.99. The Hall–Kier alpha value is -3.45. The molecule has 0 aliphatic heterocycles. The van der Waals surface area contributed by atoms with Crippen molar-refractivity contribution in [3.05, 3.63) is 77.4 Å². The maximum Gasteiger partial charge on any atom is 0.203 e.